The van der Waals surface area contributed by atoms with Gasteiger partial charge in [-0.1, -0.05) is 24.3 Å². The molecule has 0 saturated carbocycles. The summed E-state index contributed by atoms with van der Waals surface area (Å²) in [6.45, 7) is 2.68. The number of fused-ring (bicyclic) bond motifs is 1. The molecule has 2 N–H and O–H groups in total. The number of furan rings is 1. The van der Waals surface area contributed by atoms with Crippen LogP contribution in [0.1, 0.15) is 48.2 Å². The number of hydrogen-bond acceptors (Lipinski definition) is 3. The van der Waals surface area contributed by atoms with E-state index >= 15 is 0 Å². The van der Waals surface area contributed by atoms with Gasteiger partial charge in [0.25, 0.3) is 0 Å². The van der Waals surface area contributed by atoms with Gasteiger partial charge in [-0.2, -0.15) is 0 Å². The number of benzene rings is 1. The number of rotatable bonds is 5. The monoisotopic (exact) mass is 339 g/mol. The molecule has 1 fully saturated rings. The second-order valence-electron chi connectivity index (χ2n) is 6.92. The Morgan fingerprint density at radius 3 is 2.84 bits per heavy atom. The predicted octanol–water partition coefficient (Wildman–Crippen LogP) is 3.40. The van der Waals surface area contributed by atoms with Gasteiger partial charge in [-0.25, -0.2) is 4.79 Å². The van der Waals surface area contributed by atoms with Gasteiger partial charge in [0.1, 0.15) is 5.76 Å². The van der Waals surface area contributed by atoms with Crippen molar-refractivity contribution in [3.63, 3.8) is 0 Å². The summed E-state index contributed by atoms with van der Waals surface area (Å²) >= 11 is 0. The maximum Gasteiger partial charge on any atom is 0.315 e. The third kappa shape index (κ3) is 3.56. The highest BCUT2D eigenvalue weighted by molar-refractivity contribution is 5.74. The molecule has 0 radical (unpaired) electrons. The molecule has 1 saturated heterocycles. The van der Waals surface area contributed by atoms with Crippen molar-refractivity contribution in [3.8, 4) is 0 Å². The van der Waals surface area contributed by atoms with Gasteiger partial charge in [0, 0.05) is 6.54 Å². The minimum atomic E-state index is -0.0996. The van der Waals surface area contributed by atoms with E-state index in [-0.39, 0.29) is 18.1 Å². The number of nitrogens with one attached hydrogen (secondary N) is 2. The Balaban J connectivity index is 1.36. The molecule has 4 rings (SSSR count). The molecule has 2 unspecified atom stereocenters. The normalized spacial score (nSPS) is 21.0. The molecular formula is C20H25N3O2. The Labute approximate surface area is 148 Å². The maximum atomic E-state index is 12.4. The lowest BCUT2D eigenvalue weighted by Crippen LogP contribution is -2.42. The zero-order valence-electron chi connectivity index (χ0n) is 14.4. The molecule has 25 heavy (non-hydrogen) atoms. The summed E-state index contributed by atoms with van der Waals surface area (Å²) in [6.07, 6.45) is 6.13. The quantitative estimate of drug-likeness (QED) is 0.878. The van der Waals surface area contributed by atoms with Gasteiger partial charge >= 0.3 is 6.03 Å². The van der Waals surface area contributed by atoms with Crippen LogP contribution in [0, 0.1) is 0 Å². The molecule has 2 amide bonds. The highest BCUT2D eigenvalue weighted by Crippen LogP contribution is 2.30. The van der Waals surface area contributed by atoms with Crippen LogP contribution in [-0.2, 0) is 6.42 Å². The van der Waals surface area contributed by atoms with Gasteiger partial charge in [0.15, 0.2) is 0 Å². The molecule has 0 spiro atoms. The van der Waals surface area contributed by atoms with Crippen molar-refractivity contribution < 1.29 is 9.21 Å². The summed E-state index contributed by atoms with van der Waals surface area (Å²) in [7, 11) is 0. The fraction of sp³-hybridized carbons (Fsp3) is 0.450. The summed E-state index contributed by atoms with van der Waals surface area (Å²) in [5, 5.41) is 6.18. The Hall–Kier alpha value is -2.27. The van der Waals surface area contributed by atoms with Crippen LogP contribution in [0.3, 0.4) is 0 Å². The smallest absolute Gasteiger partial charge is 0.315 e. The Morgan fingerprint density at radius 1 is 1.20 bits per heavy atom. The fourth-order valence-electron chi connectivity index (χ4n) is 4.05. The third-order valence-electron chi connectivity index (χ3n) is 5.35. The van der Waals surface area contributed by atoms with E-state index in [1.54, 1.807) is 6.26 Å². The van der Waals surface area contributed by atoms with E-state index in [1.807, 2.05) is 18.2 Å². The van der Waals surface area contributed by atoms with E-state index in [0.29, 0.717) is 6.54 Å². The van der Waals surface area contributed by atoms with E-state index < -0.39 is 0 Å². The molecule has 0 bridgehead atoms. The van der Waals surface area contributed by atoms with Crippen LogP contribution in [0.15, 0.2) is 47.1 Å². The summed E-state index contributed by atoms with van der Waals surface area (Å²) in [6, 6.07) is 12.4. The Kier molecular flexibility index (Phi) is 4.74. The molecule has 2 atom stereocenters. The minimum Gasteiger partial charge on any atom is -0.468 e. The van der Waals surface area contributed by atoms with Crippen molar-refractivity contribution in [1.82, 2.24) is 15.5 Å². The number of carbonyl (C=O) groups is 1. The number of hydrogen-bond donors (Lipinski definition) is 2. The van der Waals surface area contributed by atoms with E-state index in [4.69, 9.17) is 4.42 Å². The van der Waals surface area contributed by atoms with Crippen LogP contribution in [0.2, 0.25) is 0 Å². The predicted molar refractivity (Wildman–Crippen MR) is 96.3 cm³/mol. The zero-order valence-corrected chi connectivity index (χ0v) is 14.4. The lowest BCUT2D eigenvalue weighted by molar-refractivity contribution is 0.202. The van der Waals surface area contributed by atoms with Crippen molar-refractivity contribution in [2.24, 2.45) is 0 Å². The van der Waals surface area contributed by atoms with Gasteiger partial charge in [0.05, 0.1) is 18.3 Å². The number of carbonyl (C=O) groups excluding carboxylic acids is 1. The second kappa shape index (κ2) is 7.31. The molecule has 2 aliphatic rings. The minimum absolute atomic E-state index is 0.0996. The first kappa shape index (κ1) is 16.2. The maximum absolute atomic E-state index is 12.4. The average Bonchev–Trinajstić information content (AvgIpc) is 3.38. The SMILES string of the molecule is O=C(NCC(c1ccco1)N1CCCC1)NC1CCc2ccccc21. The fourth-order valence-corrected chi connectivity index (χ4v) is 4.05. The molecule has 5 nitrogen and oxygen atoms in total. The van der Waals surface area contributed by atoms with Gasteiger partial charge in [-0.3, -0.25) is 4.90 Å². The average molecular weight is 339 g/mol. The van der Waals surface area contributed by atoms with Crippen LogP contribution < -0.4 is 10.6 Å². The Bertz CT molecular complexity index is 707. The molecule has 1 aromatic heterocycles. The van der Waals surface area contributed by atoms with Crippen LogP contribution in [0.25, 0.3) is 0 Å². The van der Waals surface area contributed by atoms with Crippen LogP contribution in [0.4, 0.5) is 4.79 Å². The standard InChI is InChI=1S/C20H25N3O2/c24-20(22-17-10-9-15-6-1-2-7-16(15)17)21-14-18(19-8-5-13-25-19)23-11-3-4-12-23/h1-2,5-8,13,17-18H,3-4,9-12,14H2,(H2,21,22,24). The van der Waals surface area contributed by atoms with Gasteiger partial charge in [0.2, 0.25) is 0 Å². The molecule has 1 aliphatic carbocycles. The number of likely N-dealkylation sites (tertiary alicyclic amines) is 1. The summed E-state index contributed by atoms with van der Waals surface area (Å²) in [4.78, 5) is 14.8. The largest absolute Gasteiger partial charge is 0.468 e. The van der Waals surface area contributed by atoms with E-state index in [0.717, 1.165) is 31.7 Å². The highest BCUT2D eigenvalue weighted by Gasteiger charge is 2.27. The summed E-state index contributed by atoms with van der Waals surface area (Å²) in [5.41, 5.74) is 2.60. The van der Waals surface area contributed by atoms with E-state index in [2.05, 4.69) is 33.7 Å². The molecule has 1 aromatic carbocycles. The van der Waals surface area contributed by atoms with Gasteiger partial charge in [-0.05, 0) is 62.0 Å². The molecule has 2 aromatic rings. The van der Waals surface area contributed by atoms with Crippen molar-refractivity contribution in [2.75, 3.05) is 19.6 Å². The second-order valence-corrected chi connectivity index (χ2v) is 6.92. The lowest BCUT2D eigenvalue weighted by atomic mass is 10.1. The van der Waals surface area contributed by atoms with Crippen molar-refractivity contribution in [3.05, 3.63) is 59.5 Å². The number of amides is 2. The molecule has 1 aliphatic heterocycles. The number of nitrogens with zero attached hydrogens (tertiary/aromatic N) is 1. The Morgan fingerprint density at radius 2 is 2.04 bits per heavy atom. The summed E-state index contributed by atoms with van der Waals surface area (Å²) in [5.74, 6) is 0.924. The lowest BCUT2D eigenvalue weighted by Gasteiger charge is -2.26. The van der Waals surface area contributed by atoms with Crippen LogP contribution in [0.5, 0.6) is 0 Å². The van der Waals surface area contributed by atoms with E-state index in [9.17, 15) is 4.79 Å². The van der Waals surface area contributed by atoms with Crippen molar-refractivity contribution >= 4 is 6.03 Å². The van der Waals surface area contributed by atoms with Crippen molar-refractivity contribution in [2.45, 2.75) is 37.8 Å². The van der Waals surface area contributed by atoms with Crippen LogP contribution in [-0.4, -0.2) is 30.6 Å². The molecular weight excluding hydrogens is 314 g/mol. The van der Waals surface area contributed by atoms with Crippen LogP contribution >= 0.6 is 0 Å². The zero-order chi connectivity index (χ0) is 17.1. The molecule has 2 heterocycles. The first-order valence-electron chi connectivity index (χ1n) is 9.21. The molecule has 5 heteroatoms. The topological polar surface area (TPSA) is 57.5 Å². The number of aryl methyl sites for hydroxylation is 1. The summed E-state index contributed by atoms with van der Waals surface area (Å²) < 4.78 is 5.61. The third-order valence-corrected chi connectivity index (χ3v) is 5.35. The van der Waals surface area contributed by atoms with E-state index in [1.165, 1.54) is 24.0 Å². The first-order chi connectivity index (χ1) is 12.3. The highest BCUT2D eigenvalue weighted by atomic mass is 16.3. The van der Waals surface area contributed by atoms with Gasteiger partial charge < -0.3 is 15.1 Å². The van der Waals surface area contributed by atoms with Gasteiger partial charge in [-0.15, -0.1) is 0 Å². The molecule has 132 valence electrons. The van der Waals surface area contributed by atoms with Crippen molar-refractivity contribution in [1.29, 1.82) is 0 Å². The first-order valence-corrected chi connectivity index (χ1v) is 9.21. The number of urea groups is 1.